The Balaban J connectivity index is 2.19. The van der Waals surface area contributed by atoms with Gasteiger partial charge in [-0.3, -0.25) is 4.79 Å². The molecule has 0 spiro atoms. The summed E-state index contributed by atoms with van der Waals surface area (Å²) in [5.41, 5.74) is 2.50. The van der Waals surface area contributed by atoms with Crippen molar-refractivity contribution in [3.05, 3.63) is 47.8 Å². The summed E-state index contributed by atoms with van der Waals surface area (Å²) in [4.78, 5) is 14.5. The Morgan fingerprint density at radius 3 is 2.68 bits per heavy atom. The lowest BCUT2D eigenvalue weighted by atomic mass is 10.0. The van der Waals surface area contributed by atoms with Crippen molar-refractivity contribution in [3.63, 3.8) is 0 Å². The lowest BCUT2D eigenvalue weighted by Crippen LogP contribution is -2.01. The van der Waals surface area contributed by atoms with E-state index in [-0.39, 0.29) is 12.2 Å². The number of carbonyl (C=O) groups is 1. The van der Waals surface area contributed by atoms with Crippen LogP contribution in [0.15, 0.2) is 36.4 Å². The summed E-state index contributed by atoms with van der Waals surface area (Å²) < 4.78 is 24.5. The molecule has 0 fully saturated rings. The molecule has 3 rings (SSSR count). The smallest absolute Gasteiger partial charge is 0.307 e. The van der Waals surface area contributed by atoms with Gasteiger partial charge in [-0.25, -0.2) is 4.39 Å². The molecule has 0 aliphatic rings. The molecule has 130 valence electrons. The van der Waals surface area contributed by atoms with Crippen LogP contribution in [0.2, 0.25) is 0 Å². The minimum Gasteiger partial charge on any atom is -0.494 e. The zero-order valence-corrected chi connectivity index (χ0v) is 13.9. The minimum atomic E-state index is -0.960. The highest BCUT2D eigenvalue weighted by Gasteiger charge is 2.18. The van der Waals surface area contributed by atoms with Crippen molar-refractivity contribution in [1.82, 2.24) is 4.98 Å². The standard InChI is InChI=1S/C19H18FNO4/c1-3-25-12-5-6-16-13(9-12)14(10-18(22)23)19(21-16)11-4-7-17(24-2)15(20)8-11/h4-9,21H,3,10H2,1-2H3,(H,22,23). The van der Waals surface area contributed by atoms with Crippen molar-refractivity contribution in [2.75, 3.05) is 13.7 Å². The maximum atomic E-state index is 14.1. The molecule has 25 heavy (non-hydrogen) atoms. The predicted molar refractivity (Wildman–Crippen MR) is 92.8 cm³/mol. The van der Waals surface area contributed by atoms with Crippen molar-refractivity contribution in [1.29, 1.82) is 0 Å². The number of aliphatic carboxylic acids is 1. The summed E-state index contributed by atoms with van der Waals surface area (Å²) in [7, 11) is 1.39. The number of rotatable bonds is 6. The quantitative estimate of drug-likeness (QED) is 0.709. The van der Waals surface area contributed by atoms with Crippen LogP contribution in [-0.4, -0.2) is 29.8 Å². The van der Waals surface area contributed by atoms with Crippen molar-refractivity contribution in [2.45, 2.75) is 13.3 Å². The van der Waals surface area contributed by atoms with E-state index in [2.05, 4.69) is 4.98 Å². The zero-order chi connectivity index (χ0) is 18.0. The van der Waals surface area contributed by atoms with E-state index >= 15 is 0 Å². The number of aromatic nitrogens is 1. The maximum absolute atomic E-state index is 14.1. The van der Waals surface area contributed by atoms with E-state index in [0.717, 1.165) is 10.9 Å². The van der Waals surface area contributed by atoms with Gasteiger partial charge in [-0.05, 0) is 48.9 Å². The van der Waals surface area contributed by atoms with Crippen LogP contribution in [0, 0.1) is 5.82 Å². The van der Waals surface area contributed by atoms with E-state index < -0.39 is 11.8 Å². The largest absolute Gasteiger partial charge is 0.494 e. The number of carboxylic acid groups (broad SMARTS) is 1. The molecular weight excluding hydrogens is 325 g/mol. The van der Waals surface area contributed by atoms with Crippen LogP contribution >= 0.6 is 0 Å². The average Bonchev–Trinajstić information content (AvgIpc) is 2.92. The lowest BCUT2D eigenvalue weighted by Gasteiger charge is -2.06. The molecule has 0 amide bonds. The topological polar surface area (TPSA) is 71.5 Å². The number of ether oxygens (including phenoxy) is 2. The van der Waals surface area contributed by atoms with Crippen molar-refractivity contribution >= 4 is 16.9 Å². The van der Waals surface area contributed by atoms with E-state index in [1.54, 1.807) is 12.1 Å². The van der Waals surface area contributed by atoms with Crippen LogP contribution in [0.5, 0.6) is 11.5 Å². The number of H-pyrrole nitrogens is 1. The third-order valence-electron chi connectivity index (χ3n) is 3.96. The van der Waals surface area contributed by atoms with Crippen LogP contribution in [0.25, 0.3) is 22.2 Å². The number of nitrogens with one attached hydrogen (secondary N) is 1. The number of aromatic amines is 1. The number of fused-ring (bicyclic) bond motifs is 1. The van der Waals surface area contributed by atoms with Crippen molar-refractivity contribution < 1.29 is 23.8 Å². The van der Waals surface area contributed by atoms with Crippen LogP contribution in [0.3, 0.4) is 0 Å². The van der Waals surface area contributed by atoms with E-state index in [1.165, 1.54) is 19.2 Å². The Kier molecular flexibility index (Phi) is 4.61. The van der Waals surface area contributed by atoms with Gasteiger partial charge in [0, 0.05) is 16.5 Å². The van der Waals surface area contributed by atoms with E-state index in [1.807, 2.05) is 19.1 Å². The van der Waals surface area contributed by atoms with Gasteiger partial charge in [0.05, 0.1) is 25.8 Å². The zero-order valence-electron chi connectivity index (χ0n) is 13.9. The second-order valence-corrected chi connectivity index (χ2v) is 5.54. The number of carboxylic acids is 1. The van der Waals surface area contributed by atoms with E-state index in [9.17, 15) is 14.3 Å². The first kappa shape index (κ1) is 16.8. The van der Waals surface area contributed by atoms with E-state index in [4.69, 9.17) is 9.47 Å². The fraction of sp³-hybridized carbons (Fsp3) is 0.211. The molecule has 0 aliphatic heterocycles. The predicted octanol–water partition coefficient (Wildman–Crippen LogP) is 4.01. The number of hydrogen-bond donors (Lipinski definition) is 2. The third kappa shape index (κ3) is 3.28. The molecule has 2 aromatic carbocycles. The molecule has 0 saturated carbocycles. The molecule has 0 saturated heterocycles. The summed E-state index contributed by atoms with van der Waals surface area (Å²) in [6.45, 7) is 2.39. The number of methoxy groups -OCH3 is 1. The number of benzene rings is 2. The highest BCUT2D eigenvalue weighted by atomic mass is 19.1. The van der Waals surface area contributed by atoms with Crippen LogP contribution in [0.1, 0.15) is 12.5 Å². The molecule has 0 radical (unpaired) electrons. The normalized spacial score (nSPS) is 10.8. The summed E-state index contributed by atoms with van der Waals surface area (Å²) in [5, 5.41) is 10.0. The van der Waals surface area contributed by atoms with Crippen LogP contribution < -0.4 is 9.47 Å². The second-order valence-electron chi connectivity index (χ2n) is 5.54. The van der Waals surface area contributed by atoms with Crippen molar-refractivity contribution in [3.8, 4) is 22.8 Å². The van der Waals surface area contributed by atoms with Gasteiger partial charge in [-0.1, -0.05) is 0 Å². The number of hydrogen-bond acceptors (Lipinski definition) is 3. The fourth-order valence-corrected chi connectivity index (χ4v) is 2.89. The highest BCUT2D eigenvalue weighted by molar-refractivity contribution is 5.94. The molecule has 6 heteroatoms. The molecule has 0 bridgehead atoms. The van der Waals surface area contributed by atoms with Gasteiger partial charge in [-0.2, -0.15) is 0 Å². The fourth-order valence-electron chi connectivity index (χ4n) is 2.89. The van der Waals surface area contributed by atoms with Crippen molar-refractivity contribution in [2.24, 2.45) is 0 Å². The molecule has 0 aliphatic carbocycles. The Morgan fingerprint density at radius 2 is 2.04 bits per heavy atom. The van der Waals surface area contributed by atoms with Gasteiger partial charge in [0.25, 0.3) is 0 Å². The Bertz CT molecular complexity index is 933. The van der Waals surface area contributed by atoms with Gasteiger partial charge in [0.1, 0.15) is 5.75 Å². The van der Waals surface area contributed by atoms with Crippen LogP contribution in [-0.2, 0) is 11.2 Å². The summed E-state index contributed by atoms with van der Waals surface area (Å²) in [6.07, 6.45) is -0.182. The molecule has 0 atom stereocenters. The van der Waals surface area contributed by atoms with E-state index in [0.29, 0.717) is 29.2 Å². The van der Waals surface area contributed by atoms with Gasteiger partial charge >= 0.3 is 5.97 Å². The molecule has 0 unspecified atom stereocenters. The van der Waals surface area contributed by atoms with Gasteiger partial charge in [0.2, 0.25) is 0 Å². The van der Waals surface area contributed by atoms with Gasteiger partial charge in [0.15, 0.2) is 11.6 Å². The second kappa shape index (κ2) is 6.84. The molecule has 3 aromatic rings. The average molecular weight is 343 g/mol. The first-order valence-electron chi connectivity index (χ1n) is 7.86. The Hall–Kier alpha value is -3.02. The third-order valence-corrected chi connectivity index (χ3v) is 3.96. The maximum Gasteiger partial charge on any atom is 0.307 e. The molecule has 2 N–H and O–H groups in total. The molecule has 1 heterocycles. The van der Waals surface area contributed by atoms with Crippen LogP contribution in [0.4, 0.5) is 4.39 Å². The Morgan fingerprint density at radius 1 is 1.24 bits per heavy atom. The molecule has 5 nitrogen and oxygen atoms in total. The summed E-state index contributed by atoms with van der Waals surface area (Å²) >= 11 is 0. The SMILES string of the molecule is CCOc1ccc2[nH]c(-c3ccc(OC)c(F)c3)c(CC(=O)O)c2c1. The first-order valence-corrected chi connectivity index (χ1v) is 7.86. The Labute approximate surface area is 144 Å². The number of halogens is 1. The summed E-state index contributed by atoms with van der Waals surface area (Å²) in [5.74, 6) is -0.667. The minimum absolute atomic E-state index is 0.137. The molecule has 1 aromatic heterocycles. The molecular formula is C19H18FNO4. The monoisotopic (exact) mass is 343 g/mol. The highest BCUT2D eigenvalue weighted by Crippen LogP contribution is 2.34. The first-order chi connectivity index (χ1) is 12.0. The lowest BCUT2D eigenvalue weighted by molar-refractivity contribution is -0.136. The van der Waals surface area contributed by atoms with Gasteiger partial charge < -0.3 is 19.6 Å². The van der Waals surface area contributed by atoms with Gasteiger partial charge in [-0.15, -0.1) is 0 Å². The summed E-state index contributed by atoms with van der Waals surface area (Å²) in [6, 6.07) is 9.99.